The fourth-order valence-electron chi connectivity index (χ4n) is 1.92. The van der Waals surface area contributed by atoms with Gasteiger partial charge in [0.05, 0.1) is 25.0 Å². The molecular formula is C16H24O4. The SMILES string of the molecule is CC1CCC=CCC(=O)OC(C)CCC=CCC(=O)O1. The van der Waals surface area contributed by atoms with Crippen LogP contribution in [-0.4, -0.2) is 24.1 Å². The van der Waals surface area contributed by atoms with Crippen molar-refractivity contribution in [3.05, 3.63) is 24.3 Å². The van der Waals surface area contributed by atoms with Crippen molar-refractivity contribution in [1.82, 2.24) is 0 Å². The summed E-state index contributed by atoms with van der Waals surface area (Å²) in [5, 5.41) is 0. The van der Waals surface area contributed by atoms with E-state index >= 15 is 0 Å². The van der Waals surface area contributed by atoms with Gasteiger partial charge in [-0.3, -0.25) is 9.59 Å². The van der Waals surface area contributed by atoms with Crippen LogP contribution in [0.3, 0.4) is 0 Å². The molecule has 0 aromatic rings. The molecule has 20 heavy (non-hydrogen) atoms. The average Bonchev–Trinajstić information content (AvgIpc) is 2.36. The van der Waals surface area contributed by atoms with Crippen LogP contribution in [0, 0.1) is 0 Å². The Labute approximate surface area is 120 Å². The molecule has 2 unspecified atom stereocenters. The number of carbonyl (C=O) groups is 2. The van der Waals surface area contributed by atoms with Gasteiger partial charge >= 0.3 is 11.9 Å². The highest BCUT2D eigenvalue weighted by Gasteiger charge is 2.09. The highest BCUT2D eigenvalue weighted by molar-refractivity contribution is 5.71. The molecule has 0 saturated carbocycles. The van der Waals surface area contributed by atoms with Crippen molar-refractivity contribution in [2.45, 2.75) is 64.6 Å². The number of ether oxygens (including phenoxy) is 2. The molecule has 1 aliphatic rings. The van der Waals surface area contributed by atoms with Crippen LogP contribution in [0.2, 0.25) is 0 Å². The molecule has 1 heterocycles. The summed E-state index contributed by atoms with van der Waals surface area (Å²) < 4.78 is 10.6. The minimum Gasteiger partial charge on any atom is -0.462 e. The molecule has 1 aliphatic heterocycles. The minimum atomic E-state index is -0.190. The highest BCUT2D eigenvalue weighted by atomic mass is 16.5. The van der Waals surface area contributed by atoms with Crippen molar-refractivity contribution in [1.29, 1.82) is 0 Å². The third-order valence-corrected chi connectivity index (χ3v) is 3.05. The molecule has 4 heteroatoms. The lowest BCUT2D eigenvalue weighted by Crippen LogP contribution is -2.14. The topological polar surface area (TPSA) is 52.6 Å². The molecule has 0 N–H and O–H groups in total. The first-order valence-corrected chi connectivity index (χ1v) is 7.27. The van der Waals surface area contributed by atoms with Crippen molar-refractivity contribution >= 4 is 11.9 Å². The van der Waals surface area contributed by atoms with Crippen molar-refractivity contribution in [2.24, 2.45) is 0 Å². The van der Waals surface area contributed by atoms with Gasteiger partial charge in [0.2, 0.25) is 0 Å². The van der Waals surface area contributed by atoms with E-state index in [0.717, 1.165) is 25.7 Å². The molecule has 0 aliphatic carbocycles. The molecular weight excluding hydrogens is 256 g/mol. The Morgan fingerprint density at radius 2 is 1.20 bits per heavy atom. The largest absolute Gasteiger partial charge is 0.462 e. The van der Waals surface area contributed by atoms with Crippen molar-refractivity contribution in [3.63, 3.8) is 0 Å². The minimum absolute atomic E-state index is 0.0968. The lowest BCUT2D eigenvalue weighted by Gasteiger charge is -2.12. The highest BCUT2D eigenvalue weighted by Crippen LogP contribution is 2.08. The molecule has 0 bridgehead atoms. The van der Waals surface area contributed by atoms with E-state index in [1.54, 1.807) is 0 Å². The molecule has 4 nitrogen and oxygen atoms in total. The number of allylic oxidation sites excluding steroid dienone is 2. The van der Waals surface area contributed by atoms with Gasteiger partial charge in [0, 0.05) is 0 Å². The van der Waals surface area contributed by atoms with Gasteiger partial charge in [0.25, 0.3) is 0 Å². The molecule has 0 spiro atoms. The summed E-state index contributed by atoms with van der Waals surface area (Å²) in [6, 6.07) is 0. The second kappa shape index (κ2) is 9.34. The number of cyclic esters (lactones) is 2. The monoisotopic (exact) mass is 280 g/mol. The van der Waals surface area contributed by atoms with Crippen LogP contribution in [0.25, 0.3) is 0 Å². The Morgan fingerprint density at radius 3 is 1.60 bits per heavy atom. The number of carbonyl (C=O) groups excluding carboxylic acids is 2. The van der Waals surface area contributed by atoms with E-state index in [0.29, 0.717) is 12.8 Å². The lowest BCUT2D eigenvalue weighted by atomic mass is 10.2. The summed E-state index contributed by atoms with van der Waals surface area (Å²) in [6.07, 6.45) is 11.0. The Kier molecular flexibility index (Phi) is 7.70. The van der Waals surface area contributed by atoms with Gasteiger partial charge in [-0.05, 0) is 39.5 Å². The maximum Gasteiger partial charge on any atom is 0.309 e. The fourth-order valence-corrected chi connectivity index (χ4v) is 1.92. The molecule has 0 aromatic carbocycles. The summed E-state index contributed by atoms with van der Waals surface area (Å²) >= 11 is 0. The Morgan fingerprint density at radius 1 is 0.800 bits per heavy atom. The summed E-state index contributed by atoms with van der Waals surface area (Å²) in [6.45, 7) is 3.77. The van der Waals surface area contributed by atoms with Crippen LogP contribution in [0.1, 0.15) is 52.4 Å². The molecule has 0 saturated heterocycles. The van der Waals surface area contributed by atoms with Crippen LogP contribution in [-0.2, 0) is 19.1 Å². The van der Waals surface area contributed by atoms with E-state index in [2.05, 4.69) is 0 Å². The fraction of sp³-hybridized carbons (Fsp3) is 0.625. The Balaban J connectivity index is 2.53. The number of rotatable bonds is 0. The summed E-state index contributed by atoms with van der Waals surface area (Å²) in [4.78, 5) is 23.1. The van der Waals surface area contributed by atoms with E-state index in [1.165, 1.54) is 0 Å². The zero-order valence-electron chi connectivity index (χ0n) is 12.3. The maximum atomic E-state index is 11.5. The standard InChI is InChI=1S/C16H24O4/c1-13-9-5-3-7-12-16(18)20-14(2)10-6-4-8-11-15(17)19-13/h3-4,7-8,13-14H,5-6,9-12H2,1-2H3. The molecule has 0 aromatic heterocycles. The van der Waals surface area contributed by atoms with Crippen LogP contribution in [0.4, 0.5) is 0 Å². The summed E-state index contributed by atoms with van der Waals surface area (Å²) in [5.74, 6) is -0.381. The van der Waals surface area contributed by atoms with E-state index in [4.69, 9.17) is 9.47 Å². The molecule has 2 atom stereocenters. The number of esters is 2. The predicted molar refractivity (Wildman–Crippen MR) is 77.1 cm³/mol. The van der Waals surface area contributed by atoms with E-state index in [1.807, 2.05) is 38.2 Å². The normalized spacial score (nSPS) is 26.9. The summed E-state index contributed by atoms with van der Waals surface area (Å²) in [7, 11) is 0. The number of hydrogen-bond acceptors (Lipinski definition) is 4. The van der Waals surface area contributed by atoms with E-state index in [9.17, 15) is 9.59 Å². The van der Waals surface area contributed by atoms with Gasteiger partial charge in [-0.25, -0.2) is 0 Å². The first-order valence-electron chi connectivity index (χ1n) is 7.27. The predicted octanol–water partition coefficient (Wildman–Crippen LogP) is 3.32. The zero-order chi connectivity index (χ0) is 14.8. The van der Waals surface area contributed by atoms with Crippen molar-refractivity contribution < 1.29 is 19.1 Å². The van der Waals surface area contributed by atoms with Crippen LogP contribution in [0.5, 0.6) is 0 Å². The van der Waals surface area contributed by atoms with E-state index < -0.39 is 0 Å². The molecule has 112 valence electrons. The molecule has 1 rings (SSSR count). The van der Waals surface area contributed by atoms with E-state index in [-0.39, 0.29) is 24.1 Å². The third-order valence-electron chi connectivity index (χ3n) is 3.05. The Hall–Kier alpha value is -1.58. The first-order chi connectivity index (χ1) is 9.58. The zero-order valence-corrected chi connectivity index (χ0v) is 12.3. The maximum absolute atomic E-state index is 11.5. The second-order valence-electron chi connectivity index (χ2n) is 5.11. The van der Waals surface area contributed by atoms with Gasteiger partial charge in [-0.1, -0.05) is 24.3 Å². The van der Waals surface area contributed by atoms with Crippen molar-refractivity contribution in [3.8, 4) is 0 Å². The van der Waals surface area contributed by atoms with Gasteiger partial charge in [0.1, 0.15) is 0 Å². The van der Waals surface area contributed by atoms with Gasteiger partial charge < -0.3 is 9.47 Å². The third kappa shape index (κ3) is 7.77. The van der Waals surface area contributed by atoms with Gasteiger partial charge in [-0.15, -0.1) is 0 Å². The molecule has 0 radical (unpaired) electrons. The molecule has 0 fully saturated rings. The molecule has 0 amide bonds. The second-order valence-corrected chi connectivity index (χ2v) is 5.11. The van der Waals surface area contributed by atoms with Crippen LogP contribution < -0.4 is 0 Å². The summed E-state index contributed by atoms with van der Waals surface area (Å²) in [5.41, 5.74) is 0. The lowest BCUT2D eigenvalue weighted by molar-refractivity contribution is -0.148. The van der Waals surface area contributed by atoms with Gasteiger partial charge in [-0.2, -0.15) is 0 Å². The smallest absolute Gasteiger partial charge is 0.309 e. The number of hydrogen-bond donors (Lipinski definition) is 0. The first kappa shape index (κ1) is 16.5. The average molecular weight is 280 g/mol. The van der Waals surface area contributed by atoms with Gasteiger partial charge in [0.15, 0.2) is 0 Å². The Bertz CT molecular complexity index is 335. The van der Waals surface area contributed by atoms with Crippen molar-refractivity contribution in [2.75, 3.05) is 0 Å². The quantitative estimate of drug-likeness (QED) is 0.504. The van der Waals surface area contributed by atoms with Crippen LogP contribution >= 0.6 is 0 Å². The van der Waals surface area contributed by atoms with Crippen LogP contribution in [0.15, 0.2) is 24.3 Å².